The van der Waals surface area contributed by atoms with Crippen LogP contribution in [-0.2, 0) is 14.3 Å². The first-order valence-electron chi connectivity index (χ1n) is 11.9. The Morgan fingerprint density at radius 2 is 1.83 bits per heavy atom. The molecule has 9 nitrogen and oxygen atoms in total. The lowest BCUT2D eigenvalue weighted by molar-refractivity contribution is -0.126. The van der Waals surface area contributed by atoms with E-state index in [1.807, 2.05) is 48.5 Å². The van der Waals surface area contributed by atoms with Gasteiger partial charge in [0.25, 0.3) is 5.91 Å². The Hall–Kier alpha value is -3.81. The van der Waals surface area contributed by atoms with E-state index in [1.165, 1.54) is 11.3 Å². The summed E-state index contributed by atoms with van der Waals surface area (Å²) in [6.07, 6.45) is 1.93. The number of nitrogens with zero attached hydrogens (tertiary/aromatic N) is 3. The third-order valence-electron chi connectivity index (χ3n) is 6.17. The van der Waals surface area contributed by atoms with Gasteiger partial charge in [0.15, 0.2) is 5.92 Å². The van der Waals surface area contributed by atoms with Gasteiger partial charge in [-0.2, -0.15) is 5.26 Å². The van der Waals surface area contributed by atoms with Crippen molar-refractivity contribution < 1.29 is 19.1 Å². The molecule has 3 aromatic rings. The highest BCUT2D eigenvalue weighted by Gasteiger charge is 2.27. The average molecular weight is 504 g/mol. The minimum Gasteiger partial charge on any atom is -0.378 e. The predicted molar refractivity (Wildman–Crippen MR) is 134 cm³/mol. The quantitative estimate of drug-likeness (QED) is 0.510. The standard InChI is InChI=1S/C26H25N5O4S/c27-14-20(24(33)28-15-23(32)29-19-6-7-19)25-30-21-8-5-18(13-22(21)36-25)16-1-3-17(4-2-16)26(34)31-9-11-35-12-10-31/h1-5,8,13,19-20H,6-7,9-12,15H2,(H,28,33)(H,29,32). The van der Waals surface area contributed by atoms with Gasteiger partial charge in [0, 0.05) is 24.7 Å². The Labute approximate surface area is 212 Å². The van der Waals surface area contributed by atoms with Gasteiger partial charge in [0.05, 0.1) is 36.0 Å². The molecule has 36 heavy (non-hydrogen) atoms. The number of rotatable bonds is 7. The molecule has 2 N–H and O–H groups in total. The van der Waals surface area contributed by atoms with Crippen LogP contribution in [0.3, 0.4) is 0 Å². The van der Waals surface area contributed by atoms with Crippen molar-refractivity contribution in [3.05, 3.63) is 53.0 Å². The molecular formula is C26H25N5O4S. The molecule has 2 aromatic carbocycles. The van der Waals surface area contributed by atoms with E-state index in [0.717, 1.165) is 28.7 Å². The zero-order chi connectivity index (χ0) is 25.1. The molecule has 1 atom stereocenters. The highest BCUT2D eigenvalue weighted by Crippen LogP contribution is 2.31. The Kier molecular flexibility index (Phi) is 6.93. The van der Waals surface area contributed by atoms with Crippen molar-refractivity contribution in [1.29, 1.82) is 5.26 Å². The van der Waals surface area contributed by atoms with Crippen LogP contribution in [0.4, 0.5) is 0 Å². The van der Waals surface area contributed by atoms with Crippen molar-refractivity contribution in [3.8, 4) is 17.2 Å². The Morgan fingerprint density at radius 3 is 2.53 bits per heavy atom. The number of aromatic nitrogens is 1. The van der Waals surface area contributed by atoms with Gasteiger partial charge in [-0.25, -0.2) is 4.98 Å². The van der Waals surface area contributed by atoms with Gasteiger partial charge in [-0.15, -0.1) is 11.3 Å². The van der Waals surface area contributed by atoms with Gasteiger partial charge >= 0.3 is 0 Å². The van der Waals surface area contributed by atoms with Crippen LogP contribution in [-0.4, -0.2) is 66.5 Å². The molecule has 1 saturated heterocycles. The summed E-state index contributed by atoms with van der Waals surface area (Å²) < 4.78 is 6.16. The lowest BCUT2D eigenvalue weighted by atomic mass is 10.0. The van der Waals surface area contributed by atoms with Crippen LogP contribution in [0.1, 0.15) is 34.1 Å². The van der Waals surface area contributed by atoms with Crippen molar-refractivity contribution in [2.24, 2.45) is 0 Å². The number of nitriles is 1. The molecule has 1 aromatic heterocycles. The Bertz CT molecular complexity index is 1340. The molecule has 1 unspecified atom stereocenters. The minimum absolute atomic E-state index is 0.00163. The maximum Gasteiger partial charge on any atom is 0.254 e. The molecule has 3 amide bonds. The zero-order valence-corrected chi connectivity index (χ0v) is 20.3. The van der Waals surface area contributed by atoms with Gasteiger partial charge < -0.3 is 20.3 Å². The van der Waals surface area contributed by atoms with Gasteiger partial charge in [0.1, 0.15) is 5.01 Å². The van der Waals surface area contributed by atoms with Crippen LogP contribution in [0.2, 0.25) is 0 Å². The van der Waals surface area contributed by atoms with Gasteiger partial charge in [-0.1, -0.05) is 18.2 Å². The summed E-state index contributed by atoms with van der Waals surface area (Å²) in [5.74, 6) is -1.89. The second-order valence-corrected chi connectivity index (χ2v) is 9.90. The number of benzene rings is 2. The van der Waals surface area contributed by atoms with Crippen molar-refractivity contribution in [3.63, 3.8) is 0 Å². The molecule has 1 aliphatic carbocycles. The number of hydrogen-bond acceptors (Lipinski definition) is 7. The molecule has 0 bridgehead atoms. The lowest BCUT2D eigenvalue weighted by Crippen LogP contribution is -2.40. The number of carbonyl (C=O) groups excluding carboxylic acids is 3. The topological polar surface area (TPSA) is 124 Å². The first-order chi connectivity index (χ1) is 17.5. The first kappa shape index (κ1) is 23.9. The fourth-order valence-electron chi connectivity index (χ4n) is 4.00. The number of hydrogen-bond donors (Lipinski definition) is 2. The second kappa shape index (κ2) is 10.4. The fourth-order valence-corrected chi connectivity index (χ4v) is 5.05. The normalized spacial score (nSPS) is 16.2. The number of fused-ring (bicyclic) bond motifs is 1. The smallest absolute Gasteiger partial charge is 0.254 e. The third-order valence-corrected chi connectivity index (χ3v) is 7.26. The monoisotopic (exact) mass is 503 g/mol. The van der Waals surface area contributed by atoms with Gasteiger partial charge in [0.2, 0.25) is 11.8 Å². The van der Waals surface area contributed by atoms with E-state index in [9.17, 15) is 19.6 Å². The Morgan fingerprint density at radius 1 is 1.11 bits per heavy atom. The number of nitrogens with one attached hydrogen (secondary N) is 2. The summed E-state index contributed by atoms with van der Waals surface area (Å²) in [7, 11) is 0. The van der Waals surface area contributed by atoms with Crippen LogP contribution in [0.5, 0.6) is 0 Å². The summed E-state index contributed by atoms with van der Waals surface area (Å²) in [4.78, 5) is 43.4. The van der Waals surface area contributed by atoms with E-state index in [-0.39, 0.29) is 24.4 Å². The molecule has 0 radical (unpaired) electrons. The molecule has 5 rings (SSSR count). The highest BCUT2D eigenvalue weighted by atomic mass is 32.1. The number of carbonyl (C=O) groups is 3. The number of amides is 3. The maximum absolute atomic E-state index is 12.7. The minimum atomic E-state index is -1.09. The van der Waals surface area contributed by atoms with Crippen LogP contribution < -0.4 is 10.6 Å². The molecule has 10 heteroatoms. The molecule has 0 spiro atoms. The molecular weight excluding hydrogens is 478 g/mol. The average Bonchev–Trinajstić information content (AvgIpc) is 3.63. The molecule has 1 saturated carbocycles. The zero-order valence-electron chi connectivity index (χ0n) is 19.5. The summed E-state index contributed by atoms with van der Waals surface area (Å²) in [6.45, 7) is 2.16. The molecule has 1 aliphatic heterocycles. The largest absolute Gasteiger partial charge is 0.378 e. The molecule has 184 valence electrons. The molecule has 2 heterocycles. The highest BCUT2D eigenvalue weighted by molar-refractivity contribution is 7.18. The third kappa shape index (κ3) is 5.37. The van der Waals surface area contributed by atoms with Crippen LogP contribution in [0, 0.1) is 11.3 Å². The molecule has 2 fully saturated rings. The van der Waals surface area contributed by atoms with Crippen molar-refractivity contribution >= 4 is 39.3 Å². The van der Waals surface area contributed by atoms with Crippen molar-refractivity contribution in [2.75, 3.05) is 32.8 Å². The summed E-state index contributed by atoms with van der Waals surface area (Å²) >= 11 is 1.28. The predicted octanol–water partition coefficient (Wildman–Crippen LogP) is 2.44. The number of thiazole rings is 1. The maximum atomic E-state index is 12.7. The van der Waals surface area contributed by atoms with E-state index < -0.39 is 11.8 Å². The SMILES string of the molecule is N#CC(C(=O)NCC(=O)NC1CC1)c1nc2ccc(-c3ccc(C(=O)N4CCOCC4)cc3)cc2s1. The Balaban J connectivity index is 1.28. The van der Waals surface area contributed by atoms with Crippen LogP contribution in [0.25, 0.3) is 21.3 Å². The number of ether oxygens (including phenoxy) is 1. The van der Waals surface area contributed by atoms with E-state index in [0.29, 0.717) is 42.4 Å². The van der Waals surface area contributed by atoms with E-state index in [2.05, 4.69) is 15.6 Å². The van der Waals surface area contributed by atoms with E-state index in [1.54, 1.807) is 4.90 Å². The second-order valence-electron chi connectivity index (χ2n) is 8.84. The fraction of sp³-hybridized carbons (Fsp3) is 0.346. The molecule has 2 aliphatic rings. The van der Waals surface area contributed by atoms with Crippen molar-refractivity contribution in [1.82, 2.24) is 20.5 Å². The van der Waals surface area contributed by atoms with Crippen molar-refractivity contribution in [2.45, 2.75) is 24.8 Å². The first-order valence-corrected chi connectivity index (χ1v) is 12.7. The van der Waals surface area contributed by atoms with Gasteiger partial charge in [-0.3, -0.25) is 14.4 Å². The summed E-state index contributed by atoms with van der Waals surface area (Å²) in [6, 6.07) is 15.4. The number of morpholine rings is 1. The summed E-state index contributed by atoms with van der Waals surface area (Å²) in [5, 5.41) is 15.3. The van der Waals surface area contributed by atoms with Gasteiger partial charge in [-0.05, 0) is 48.2 Å². The lowest BCUT2D eigenvalue weighted by Gasteiger charge is -2.26. The van der Waals surface area contributed by atoms with Crippen LogP contribution >= 0.6 is 11.3 Å². The summed E-state index contributed by atoms with van der Waals surface area (Å²) in [5.41, 5.74) is 3.22. The van der Waals surface area contributed by atoms with E-state index >= 15 is 0 Å². The van der Waals surface area contributed by atoms with Crippen LogP contribution in [0.15, 0.2) is 42.5 Å². The van der Waals surface area contributed by atoms with E-state index in [4.69, 9.17) is 4.74 Å².